The molecule has 1 aromatic rings. The minimum atomic E-state index is -0.147. The number of aryl methyl sites for hydroxylation is 1. The maximum Gasteiger partial charge on any atom is 0.126 e. The molecule has 0 fully saturated rings. The average molecular weight is 258 g/mol. The Morgan fingerprint density at radius 2 is 2.12 bits per heavy atom. The SMILES string of the molecule is CCNC(CC)CCCc1cc(Cl)ccc1F. The van der Waals surface area contributed by atoms with Crippen LogP contribution in [0.1, 0.15) is 38.7 Å². The summed E-state index contributed by atoms with van der Waals surface area (Å²) in [5, 5.41) is 4.04. The standard InChI is InChI=1S/C14H21ClFN/c1-3-13(17-4-2)7-5-6-11-10-12(15)8-9-14(11)16/h8-10,13,17H,3-7H2,1-2H3. The molecule has 0 amide bonds. The molecule has 17 heavy (non-hydrogen) atoms. The molecule has 0 aliphatic heterocycles. The summed E-state index contributed by atoms with van der Waals surface area (Å²) in [6.45, 7) is 5.27. The van der Waals surface area contributed by atoms with E-state index in [2.05, 4.69) is 19.2 Å². The smallest absolute Gasteiger partial charge is 0.126 e. The van der Waals surface area contributed by atoms with Crippen LogP contribution in [-0.4, -0.2) is 12.6 Å². The first-order valence-electron chi connectivity index (χ1n) is 6.34. The third-order valence-electron chi connectivity index (χ3n) is 2.99. The molecule has 0 bridgehead atoms. The van der Waals surface area contributed by atoms with Gasteiger partial charge < -0.3 is 5.32 Å². The number of benzene rings is 1. The van der Waals surface area contributed by atoms with E-state index >= 15 is 0 Å². The third kappa shape index (κ3) is 5.05. The highest BCUT2D eigenvalue weighted by molar-refractivity contribution is 6.30. The Hall–Kier alpha value is -0.600. The van der Waals surface area contributed by atoms with E-state index in [1.54, 1.807) is 12.1 Å². The van der Waals surface area contributed by atoms with Gasteiger partial charge in [-0.15, -0.1) is 0 Å². The average Bonchev–Trinajstić information content (AvgIpc) is 2.32. The second-order valence-electron chi connectivity index (χ2n) is 4.29. The normalized spacial score (nSPS) is 12.7. The molecule has 0 spiro atoms. The van der Waals surface area contributed by atoms with E-state index in [-0.39, 0.29) is 5.82 Å². The summed E-state index contributed by atoms with van der Waals surface area (Å²) in [4.78, 5) is 0. The molecule has 0 aliphatic rings. The Balaban J connectivity index is 2.42. The minimum absolute atomic E-state index is 0.147. The van der Waals surface area contributed by atoms with E-state index in [0.717, 1.165) is 37.8 Å². The summed E-state index contributed by atoms with van der Waals surface area (Å²) in [5.41, 5.74) is 0.726. The molecule has 1 N–H and O–H groups in total. The van der Waals surface area contributed by atoms with Crippen LogP contribution in [0.4, 0.5) is 4.39 Å². The van der Waals surface area contributed by atoms with E-state index in [1.807, 2.05) is 0 Å². The second kappa shape index (κ2) is 7.67. The van der Waals surface area contributed by atoms with Gasteiger partial charge in [0.15, 0.2) is 0 Å². The summed E-state index contributed by atoms with van der Waals surface area (Å²) in [5.74, 6) is -0.147. The van der Waals surface area contributed by atoms with Gasteiger partial charge in [0.25, 0.3) is 0 Å². The Morgan fingerprint density at radius 3 is 2.76 bits per heavy atom. The molecule has 0 radical (unpaired) electrons. The fourth-order valence-electron chi connectivity index (χ4n) is 2.01. The molecule has 3 heteroatoms. The highest BCUT2D eigenvalue weighted by atomic mass is 35.5. The van der Waals surface area contributed by atoms with Crippen LogP contribution in [0.3, 0.4) is 0 Å². The van der Waals surface area contributed by atoms with Gasteiger partial charge in [0.1, 0.15) is 5.82 Å². The third-order valence-corrected chi connectivity index (χ3v) is 3.23. The molecule has 96 valence electrons. The van der Waals surface area contributed by atoms with Crippen molar-refractivity contribution in [2.75, 3.05) is 6.54 Å². The monoisotopic (exact) mass is 257 g/mol. The van der Waals surface area contributed by atoms with Crippen LogP contribution in [0, 0.1) is 5.82 Å². The molecule has 1 rings (SSSR count). The molecule has 0 saturated carbocycles. The minimum Gasteiger partial charge on any atom is -0.314 e. The van der Waals surface area contributed by atoms with Crippen molar-refractivity contribution in [3.05, 3.63) is 34.6 Å². The van der Waals surface area contributed by atoms with Crippen LogP contribution in [0.2, 0.25) is 5.02 Å². The summed E-state index contributed by atoms with van der Waals surface area (Å²) in [7, 11) is 0. The zero-order chi connectivity index (χ0) is 12.7. The molecule has 0 aliphatic carbocycles. The van der Waals surface area contributed by atoms with Gasteiger partial charge in [-0.3, -0.25) is 0 Å². The van der Waals surface area contributed by atoms with Crippen LogP contribution in [0.25, 0.3) is 0 Å². The van der Waals surface area contributed by atoms with E-state index in [1.165, 1.54) is 6.07 Å². The maximum absolute atomic E-state index is 13.4. The number of hydrogen-bond acceptors (Lipinski definition) is 1. The van der Waals surface area contributed by atoms with Gasteiger partial charge in [-0.2, -0.15) is 0 Å². The number of rotatable bonds is 7. The zero-order valence-electron chi connectivity index (χ0n) is 10.6. The maximum atomic E-state index is 13.4. The summed E-state index contributed by atoms with van der Waals surface area (Å²) >= 11 is 5.86. The van der Waals surface area contributed by atoms with Gasteiger partial charge >= 0.3 is 0 Å². The number of halogens is 2. The van der Waals surface area contributed by atoms with Crippen LogP contribution in [0.15, 0.2) is 18.2 Å². The highest BCUT2D eigenvalue weighted by Crippen LogP contribution is 2.17. The molecule has 0 aromatic heterocycles. The van der Waals surface area contributed by atoms with Crippen LogP contribution in [0.5, 0.6) is 0 Å². The van der Waals surface area contributed by atoms with Crippen molar-refractivity contribution in [3.8, 4) is 0 Å². The molecule has 1 atom stereocenters. The molecule has 0 saturated heterocycles. The van der Waals surface area contributed by atoms with Crippen LogP contribution >= 0.6 is 11.6 Å². The lowest BCUT2D eigenvalue weighted by molar-refractivity contribution is 0.464. The predicted molar refractivity (Wildman–Crippen MR) is 72.1 cm³/mol. The topological polar surface area (TPSA) is 12.0 Å². The van der Waals surface area contributed by atoms with Crippen LogP contribution in [-0.2, 0) is 6.42 Å². The van der Waals surface area contributed by atoms with Gasteiger partial charge in [-0.05, 0) is 56.0 Å². The van der Waals surface area contributed by atoms with E-state index < -0.39 is 0 Å². The fraction of sp³-hybridized carbons (Fsp3) is 0.571. The van der Waals surface area contributed by atoms with Gasteiger partial charge in [0.2, 0.25) is 0 Å². The van der Waals surface area contributed by atoms with Crippen molar-refractivity contribution in [1.29, 1.82) is 0 Å². The van der Waals surface area contributed by atoms with Crippen LogP contribution < -0.4 is 5.32 Å². The van der Waals surface area contributed by atoms with E-state index in [9.17, 15) is 4.39 Å². The summed E-state index contributed by atoms with van der Waals surface area (Å²) in [6, 6.07) is 5.31. The first-order valence-corrected chi connectivity index (χ1v) is 6.72. The molecule has 1 unspecified atom stereocenters. The quantitative estimate of drug-likeness (QED) is 0.772. The number of nitrogens with one attached hydrogen (secondary N) is 1. The Morgan fingerprint density at radius 1 is 1.35 bits per heavy atom. The Labute approximate surface area is 108 Å². The van der Waals surface area contributed by atoms with Crippen molar-refractivity contribution in [1.82, 2.24) is 5.32 Å². The van der Waals surface area contributed by atoms with E-state index in [0.29, 0.717) is 11.1 Å². The largest absolute Gasteiger partial charge is 0.314 e. The second-order valence-corrected chi connectivity index (χ2v) is 4.73. The van der Waals surface area contributed by atoms with Gasteiger partial charge in [-0.1, -0.05) is 25.4 Å². The molecule has 1 nitrogen and oxygen atoms in total. The molecular weight excluding hydrogens is 237 g/mol. The molecule has 0 heterocycles. The fourth-order valence-corrected chi connectivity index (χ4v) is 2.21. The zero-order valence-corrected chi connectivity index (χ0v) is 11.4. The van der Waals surface area contributed by atoms with E-state index in [4.69, 9.17) is 11.6 Å². The summed E-state index contributed by atoms with van der Waals surface area (Å²) < 4.78 is 13.4. The van der Waals surface area contributed by atoms with Crippen molar-refractivity contribution in [2.45, 2.75) is 45.6 Å². The first-order chi connectivity index (χ1) is 8.17. The van der Waals surface area contributed by atoms with Crippen molar-refractivity contribution in [2.24, 2.45) is 0 Å². The van der Waals surface area contributed by atoms with Crippen molar-refractivity contribution < 1.29 is 4.39 Å². The Kier molecular flexibility index (Phi) is 6.53. The highest BCUT2D eigenvalue weighted by Gasteiger charge is 2.06. The summed E-state index contributed by atoms with van der Waals surface area (Å²) in [6.07, 6.45) is 3.94. The lowest BCUT2D eigenvalue weighted by Crippen LogP contribution is -2.28. The van der Waals surface area contributed by atoms with Gasteiger partial charge in [0, 0.05) is 11.1 Å². The van der Waals surface area contributed by atoms with Crippen molar-refractivity contribution in [3.63, 3.8) is 0 Å². The molecular formula is C14H21ClFN. The van der Waals surface area contributed by atoms with Crippen molar-refractivity contribution >= 4 is 11.6 Å². The first kappa shape index (κ1) is 14.5. The van der Waals surface area contributed by atoms with Gasteiger partial charge in [0.05, 0.1) is 0 Å². The predicted octanol–water partition coefficient (Wildman–Crippen LogP) is 4.19. The lowest BCUT2D eigenvalue weighted by atomic mass is 10.0. The molecule has 1 aromatic carbocycles. The lowest BCUT2D eigenvalue weighted by Gasteiger charge is -2.15. The Bertz CT molecular complexity index is 341. The van der Waals surface area contributed by atoms with Gasteiger partial charge in [-0.25, -0.2) is 4.39 Å². The number of hydrogen-bond donors (Lipinski definition) is 1.